The Morgan fingerprint density at radius 3 is 2.46 bits per heavy atom. The van der Waals surface area contributed by atoms with Crippen molar-refractivity contribution < 1.29 is 33.0 Å². The first-order chi connectivity index (χ1) is 18.8. The number of unbranched alkanes of at least 4 members (excludes halogenated alkanes) is 1. The summed E-state index contributed by atoms with van der Waals surface area (Å²) >= 11 is 6.43. The summed E-state index contributed by atoms with van der Waals surface area (Å²) in [5.74, 6) is -1.10. The predicted molar refractivity (Wildman–Crippen MR) is 145 cm³/mol. The highest BCUT2D eigenvalue weighted by molar-refractivity contribution is 6.39. The maximum atomic E-state index is 14.0. The minimum atomic E-state index is -0.866. The fourth-order valence-corrected chi connectivity index (χ4v) is 4.09. The number of methoxy groups -OCH3 is 1. The molecule has 1 saturated heterocycles. The molecule has 0 atom stereocenters. The van der Waals surface area contributed by atoms with Gasteiger partial charge < -0.3 is 14.2 Å². The van der Waals surface area contributed by atoms with Crippen molar-refractivity contribution in [3.05, 3.63) is 88.2 Å². The second-order valence-corrected chi connectivity index (χ2v) is 8.98. The monoisotopic (exact) mass is 552 g/mol. The fourth-order valence-electron chi connectivity index (χ4n) is 3.81. The standard InChI is InChI=1S/C29H26ClFN2O6/c1-3-4-13-38-21-11-9-20(10-12-21)33-28(35)22(27(34)32-29(33)36)14-18-15-23(30)26(25(16-18)37-2)39-17-19-7-5-6-8-24(19)31/h5-12,14-16H,3-4,13,17H2,1-2H3,(H,32,34,36)/b22-14-. The number of hydrogen-bond acceptors (Lipinski definition) is 6. The Kier molecular flexibility index (Phi) is 8.83. The molecule has 4 amide bonds. The SMILES string of the molecule is CCCCOc1ccc(N2C(=O)NC(=O)/C(=C/c3cc(Cl)c(OCc4ccccc4F)c(OC)c3)C2=O)cc1. The molecule has 3 aromatic carbocycles. The number of barbiturate groups is 1. The number of anilines is 1. The van der Waals surface area contributed by atoms with E-state index in [1.807, 2.05) is 0 Å². The lowest BCUT2D eigenvalue weighted by atomic mass is 10.1. The van der Waals surface area contributed by atoms with E-state index in [1.165, 1.54) is 31.4 Å². The van der Waals surface area contributed by atoms with Gasteiger partial charge in [0.1, 0.15) is 23.7 Å². The molecule has 0 radical (unpaired) electrons. The van der Waals surface area contributed by atoms with E-state index in [0.29, 0.717) is 23.5 Å². The van der Waals surface area contributed by atoms with Crippen LogP contribution in [0.15, 0.2) is 66.2 Å². The zero-order valence-corrected chi connectivity index (χ0v) is 22.1. The van der Waals surface area contributed by atoms with Gasteiger partial charge in [0.25, 0.3) is 11.8 Å². The maximum absolute atomic E-state index is 14.0. The van der Waals surface area contributed by atoms with Gasteiger partial charge >= 0.3 is 6.03 Å². The Bertz CT molecular complexity index is 1420. The van der Waals surface area contributed by atoms with Gasteiger partial charge in [-0.05, 0) is 60.5 Å². The zero-order valence-electron chi connectivity index (χ0n) is 21.3. The van der Waals surface area contributed by atoms with E-state index >= 15 is 0 Å². The molecule has 0 aromatic heterocycles. The first-order valence-electron chi connectivity index (χ1n) is 12.2. The van der Waals surface area contributed by atoms with E-state index in [4.69, 9.17) is 25.8 Å². The Balaban J connectivity index is 1.58. The number of hydrogen-bond donors (Lipinski definition) is 1. The Morgan fingerprint density at radius 2 is 1.77 bits per heavy atom. The van der Waals surface area contributed by atoms with Gasteiger partial charge in [0.2, 0.25) is 0 Å². The van der Waals surface area contributed by atoms with Crippen LogP contribution in [0.5, 0.6) is 17.2 Å². The summed E-state index contributed by atoms with van der Waals surface area (Å²) in [6.07, 6.45) is 3.19. The highest BCUT2D eigenvalue weighted by Crippen LogP contribution is 2.38. The summed E-state index contributed by atoms with van der Waals surface area (Å²) in [5.41, 5.74) is 0.668. The topological polar surface area (TPSA) is 94.2 Å². The number of imide groups is 2. The van der Waals surface area contributed by atoms with E-state index in [9.17, 15) is 18.8 Å². The van der Waals surface area contributed by atoms with Crippen molar-refractivity contribution in [2.75, 3.05) is 18.6 Å². The molecular weight excluding hydrogens is 527 g/mol. The first-order valence-corrected chi connectivity index (χ1v) is 12.6. The molecule has 3 aromatic rings. The number of carbonyl (C=O) groups is 3. The third-order valence-electron chi connectivity index (χ3n) is 5.86. The van der Waals surface area contributed by atoms with Crippen molar-refractivity contribution >= 4 is 41.2 Å². The first kappa shape index (κ1) is 27.7. The molecule has 0 aliphatic carbocycles. The lowest BCUT2D eigenvalue weighted by molar-refractivity contribution is -0.122. The number of rotatable bonds is 10. The molecule has 1 heterocycles. The van der Waals surface area contributed by atoms with Crippen LogP contribution in [-0.2, 0) is 16.2 Å². The molecular formula is C29H26ClFN2O6. The van der Waals surface area contributed by atoms with Crippen molar-refractivity contribution in [3.63, 3.8) is 0 Å². The molecule has 1 fully saturated rings. The van der Waals surface area contributed by atoms with Gasteiger partial charge in [0, 0.05) is 5.56 Å². The van der Waals surface area contributed by atoms with E-state index < -0.39 is 23.7 Å². The van der Waals surface area contributed by atoms with Crippen LogP contribution in [0.2, 0.25) is 5.02 Å². The van der Waals surface area contributed by atoms with Crippen LogP contribution in [0.1, 0.15) is 30.9 Å². The molecule has 4 rings (SSSR count). The minimum absolute atomic E-state index is 0.0937. The molecule has 39 heavy (non-hydrogen) atoms. The number of benzene rings is 3. The van der Waals surface area contributed by atoms with Crippen molar-refractivity contribution in [2.45, 2.75) is 26.4 Å². The van der Waals surface area contributed by atoms with Gasteiger partial charge in [0.05, 0.1) is 24.4 Å². The lowest BCUT2D eigenvalue weighted by Gasteiger charge is -2.26. The van der Waals surface area contributed by atoms with Gasteiger partial charge in [-0.25, -0.2) is 14.1 Å². The van der Waals surface area contributed by atoms with E-state index in [2.05, 4.69) is 12.2 Å². The molecule has 1 aliphatic heterocycles. The molecule has 202 valence electrons. The summed E-state index contributed by atoms with van der Waals surface area (Å²) in [6.45, 7) is 2.52. The Morgan fingerprint density at radius 1 is 1.03 bits per heavy atom. The average molecular weight is 553 g/mol. The van der Waals surface area contributed by atoms with Crippen LogP contribution in [-0.4, -0.2) is 31.6 Å². The van der Waals surface area contributed by atoms with Crippen LogP contribution in [0.3, 0.4) is 0 Å². The van der Waals surface area contributed by atoms with Crippen molar-refractivity contribution in [2.24, 2.45) is 0 Å². The molecule has 0 spiro atoms. The predicted octanol–water partition coefficient (Wildman–Crippen LogP) is 5.91. The van der Waals surface area contributed by atoms with E-state index in [1.54, 1.807) is 42.5 Å². The number of halogens is 2. The third kappa shape index (κ3) is 6.38. The molecule has 0 saturated carbocycles. The number of nitrogens with one attached hydrogen (secondary N) is 1. The number of urea groups is 1. The second kappa shape index (κ2) is 12.4. The van der Waals surface area contributed by atoms with Crippen molar-refractivity contribution in [3.8, 4) is 17.2 Å². The van der Waals surface area contributed by atoms with Crippen molar-refractivity contribution in [1.82, 2.24) is 5.32 Å². The quantitative estimate of drug-likeness (QED) is 0.191. The van der Waals surface area contributed by atoms with Gasteiger partial charge in [-0.2, -0.15) is 0 Å². The van der Waals surface area contributed by atoms with Crippen LogP contribution < -0.4 is 24.4 Å². The number of ether oxygens (including phenoxy) is 3. The maximum Gasteiger partial charge on any atom is 0.335 e. The summed E-state index contributed by atoms with van der Waals surface area (Å²) in [4.78, 5) is 39.3. The van der Waals surface area contributed by atoms with Gasteiger partial charge in [-0.3, -0.25) is 14.9 Å². The van der Waals surface area contributed by atoms with Gasteiger partial charge in [-0.1, -0.05) is 43.1 Å². The lowest BCUT2D eigenvalue weighted by Crippen LogP contribution is -2.54. The third-order valence-corrected chi connectivity index (χ3v) is 6.14. The van der Waals surface area contributed by atoms with E-state index in [-0.39, 0.29) is 34.4 Å². The smallest absolute Gasteiger partial charge is 0.335 e. The summed E-state index contributed by atoms with van der Waals surface area (Å²) in [7, 11) is 1.40. The van der Waals surface area contributed by atoms with Crippen LogP contribution in [0.25, 0.3) is 6.08 Å². The number of nitrogens with zero attached hydrogens (tertiary/aromatic N) is 1. The number of carbonyl (C=O) groups excluding carboxylic acids is 3. The van der Waals surface area contributed by atoms with Crippen molar-refractivity contribution in [1.29, 1.82) is 0 Å². The Labute approximate surface area is 229 Å². The van der Waals surface area contributed by atoms with Gasteiger partial charge in [0.15, 0.2) is 11.5 Å². The normalized spacial score (nSPS) is 14.4. The van der Waals surface area contributed by atoms with E-state index in [0.717, 1.165) is 17.7 Å². The average Bonchev–Trinajstić information content (AvgIpc) is 2.92. The largest absolute Gasteiger partial charge is 0.494 e. The molecule has 1 N–H and O–H groups in total. The van der Waals surface area contributed by atoms with Gasteiger partial charge in [-0.15, -0.1) is 0 Å². The highest BCUT2D eigenvalue weighted by Gasteiger charge is 2.37. The number of amides is 4. The second-order valence-electron chi connectivity index (χ2n) is 8.57. The summed E-state index contributed by atoms with van der Waals surface area (Å²) in [6, 6.07) is 14.7. The molecule has 1 aliphatic rings. The molecule has 8 nitrogen and oxygen atoms in total. The summed E-state index contributed by atoms with van der Waals surface area (Å²) in [5, 5.41) is 2.31. The zero-order chi connectivity index (χ0) is 27.9. The Hall–Kier alpha value is -4.37. The van der Waals surface area contributed by atoms with Crippen LogP contribution >= 0.6 is 11.6 Å². The molecule has 10 heteroatoms. The summed E-state index contributed by atoms with van der Waals surface area (Å²) < 4.78 is 30.7. The van der Waals surface area contributed by atoms with Crippen LogP contribution in [0.4, 0.5) is 14.9 Å². The molecule has 0 unspecified atom stereocenters. The van der Waals surface area contributed by atoms with Crippen LogP contribution in [0, 0.1) is 5.82 Å². The molecule has 0 bridgehead atoms. The minimum Gasteiger partial charge on any atom is -0.494 e. The highest BCUT2D eigenvalue weighted by atomic mass is 35.5. The fraction of sp³-hybridized carbons (Fsp3) is 0.207.